The molecule has 4 aromatic rings. The van der Waals surface area contributed by atoms with Gasteiger partial charge in [0, 0.05) is 21.4 Å². The number of halogens is 2. The van der Waals surface area contributed by atoms with E-state index in [-0.39, 0.29) is 33.8 Å². The zero-order chi connectivity index (χ0) is 22.8. The topological polar surface area (TPSA) is 90.3 Å². The van der Waals surface area contributed by atoms with Crippen LogP contribution < -0.4 is 10.9 Å². The first-order valence-electron chi connectivity index (χ1n) is 9.43. The van der Waals surface area contributed by atoms with Gasteiger partial charge in [0.25, 0.3) is 11.5 Å². The second-order valence-corrected chi connectivity index (χ2v) is 7.90. The van der Waals surface area contributed by atoms with Gasteiger partial charge in [-0.2, -0.15) is 9.78 Å². The number of carbonyl (C=O) groups is 2. The summed E-state index contributed by atoms with van der Waals surface area (Å²) in [4.78, 5) is 38.5. The number of nitrogens with zero attached hydrogens (tertiary/aromatic N) is 2. The molecule has 0 aliphatic rings. The maximum Gasteiger partial charge on any atom is 0.359 e. The molecule has 2 aromatic carbocycles. The molecule has 2 aromatic heterocycles. The number of anilines is 1. The van der Waals surface area contributed by atoms with Gasteiger partial charge < -0.3 is 10.1 Å². The van der Waals surface area contributed by atoms with E-state index in [1.807, 2.05) is 0 Å². The van der Waals surface area contributed by atoms with Gasteiger partial charge in [-0.05, 0) is 49.4 Å². The Morgan fingerprint density at radius 1 is 1.22 bits per heavy atom. The Hall–Kier alpha value is -3.56. The average Bonchev–Trinajstić information content (AvgIpc) is 3.19. The Balaban J connectivity index is 1.88. The van der Waals surface area contributed by atoms with Crippen molar-refractivity contribution in [3.63, 3.8) is 0 Å². The lowest BCUT2D eigenvalue weighted by Crippen LogP contribution is -2.25. The third kappa shape index (κ3) is 4.12. The molecule has 0 aliphatic heterocycles. The van der Waals surface area contributed by atoms with Gasteiger partial charge in [-0.1, -0.05) is 17.7 Å². The Kier molecular flexibility index (Phi) is 6.02. The summed E-state index contributed by atoms with van der Waals surface area (Å²) in [6.45, 7) is 1.76. The fourth-order valence-corrected chi connectivity index (χ4v) is 4.18. The van der Waals surface area contributed by atoms with E-state index in [9.17, 15) is 18.8 Å². The molecular weight excluding hydrogens is 457 g/mol. The van der Waals surface area contributed by atoms with Crippen molar-refractivity contribution in [1.29, 1.82) is 0 Å². The summed E-state index contributed by atoms with van der Waals surface area (Å²) in [5.74, 6) is -1.68. The minimum Gasteiger partial charge on any atom is -0.461 e. The normalized spacial score (nSPS) is 10.8. The van der Waals surface area contributed by atoms with Gasteiger partial charge in [0.1, 0.15) is 10.8 Å². The predicted molar refractivity (Wildman–Crippen MR) is 121 cm³/mol. The second kappa shape index (κ2) is 8.89. The van der Waals surface area contributed by atoms with Gasteiger partial charge >= 0.3 is 5.97 Å². The zero-order valence-corrected chi connectivity index (χ0v) is 18.2. The molecule has 0 saturated heterocycles. The van der Waals surface area contributed by atoms with Crippen LogP contribution in [0.5, 0.6) is 0 Å². The van der Waals surface area contributed by atoms with Crippen LogP contribution >= 0.6 is 22.9 Å². The van der Waals surface area contributed by atoms with Gasteiger partial charge in [-0.25, -0.2) is 9.18 Å². The molecule has 1 N–H and O–H groups in total. The van der Waals surface area contributed by atoms with Crippen LogP contribution in [0.2, 0.25) is 5.02 Å². The third-order valence-corrected chi connectivity index (χ3v) is 5.64. The summed E-state index contributed by atoms with van der Waals surface area (Å²) in [5, 5.41) is 9.39. The number of hydrogen-bond acceptors (Lipinski definition) is 6. The molecule has 10 heteroatoms. The van der Waals surface area contributed by atoms with Crippen LogP contribution in [0.25, 0.3) is 16.5 Å². The quantitative estimate of drug-likeness (QED) is 0.427. The monoisotopic (exact) mass is 471 g/mol. The number of ether oxygens (including phenoxy) is 1. The highest BCUT2D eigenvalue weighted by Crippen LogP contribution is 2.31. The smallest absolute Gasteiger partial charge is 0.359 e. The van der Waals surface area contributed by atoms with E-state index >= 15 is 0 Å². The van der Waals surface area contributed by atoms with Crippen molar-refractivity contribution < 1.29 is 18.7 Å². The SMILES string of the molecule is CCOC(=O)c1nn(-c2ccc(F)cc2)c(=O)c2c(NC(=O)c3cccc(Cl)c3)scc12. The fourth-order valence-electron chi connectivity index (χ4n) is 3.05. The average molecular weight is 472 g/mol. The molecule has 0 unspecified atom stereocenters. The highest BCUT2D eigenvalue weighted by atomic mass is 35.5. The van der Waals surface area contributed by atoms with Crippen molar-refractivity contribution in [1.82, 2.24) is 9.78 Å². The summed E-state index contributed by atoms with van der Waals surface area (Å²) >= 11 is 7.03. The fraction of sp³-hybridized carbons (Fsp3) is 0.0909. The highest BCUT2D eigenvalue weighted by Gasteiger charge is 2.23. The molecule has 0 radical (unpaired) electrons. The first-order valence-corrected chi connectivity index (χ1v) is 10.7. The summed E-state index contributed by atoms with van der Waals surface area (Å²) in [6.07, 6.45) is 0. The number of benzene rings is 2. The molecule has 4 rings (SSSR count). The van der Waals surface area contributed by atoms with Crippen molar-refractivity contribution in [3.05, 3.63) is 86.4 Å². The molecule has 0 fully saturated rings. The van der Waals surface area contributed by atoms with Crippen LogP contribution in [-0.4, -0.2) is 28.3 Å². The zero-order valence-electron chi connectivity index (χ0n) is 16.6. The number of thiophene rings is 1. The number of aromatic nitrogens is 2. The van der Waals surface area contributed by atoms with E-state index in [1.54, 1.807) is 30.5 Å². The molecule has 0 spiro atoms. The van der Waals surface area contributed by atoms with Crippen LogP contribution in [0.1, 0.15) is 27.8 Å². The van der Waals surface area contributed by atoms with Crippen LogP contribution in [0.15, 0.2) is 58.7 Å². The van der Waals surface area contributed by atoms with Crippen LogP contribution in [0.3, 0.4) is 0 Å². The minimum atomic E-state index is -0.723. The van der Waals surface area contributed by atoms with Crippen molar-refractivity contribution >= 4 is 50.6 Å². The lowest BCUT2D eigenvalue weighted by Gasteiger charge is -2.10. The summed E-state index contributed by atoms with van der Waals surface area (Å²) in [5.41, 5.74) is -0.118. The molecule has 0 bridgehead atoms. The maximum atomic E-state index is 13.4. The molecular formula is C22H15ClFN3O4S. The first-order chi connectivity index (χ1) is 15.4. The molecule has 0 aliphatic carbocycles. The van der Waals surface area contributed by atoms with E-state index in [0.29, 0.717) is 10.6 Å². The second-order valence-electron chi connectivity index (χ2n) is 6.58. The van der Waals surface area contributed by atoms with Gasteiger partial charge in [0.2, 0.25) is 0 Å². The van der Waals surface area contributed by atoms with Gasteiger partial charge in [0.05, 0.1) is 17.7 Å². The van der Waals surface area contributed by atoms with Crippen LogP contribution in [-0.2, 0) is 4.74 Å². The highest BCUT2D eigenvalue weighted by molar-refractivity contribution is 7.16. The molecule has 2 heterocycles. The van der Waals surface area contributed by atoms with Crippen LogP contribution in [0.4, 0.5) is 9.39 Å². The minimum absolute atomic E-state index is 0.0905. The van der Waals surface area contributed by atoms with E-state index < -0.39 is 23.3 Å². The predicted octanol–water partition coefficient (Wildman–Crippen LogP) is 4.67. The maximum absolute atomic E-state index is 13.4. The molecule has 1 amide bonds. The molecule has 7 nitrogen and oxygen atoms in total. The lowest BCUT2D eigenvalue weighted by atomic mass is 10.2. The molecule has 0 saturated carbocycles. The van der Waals surface area contributed by atoms with Crippen molar-refractivity contribution in [3.8, 4) is 5.69 Å². The number of rotatable bonds is 5. The number of nitrogens with one attached hydrogen (secondary N) is 1. The van der Waals surface area contributed by atoms with E-state index in [0.717, 1.165) is 16.0 Å². The Morgan fingerprint density at radius 3 is 2.66 bits per heavy atom. The van der Waals surface area contributed by atoms with E-state index in [4.69, 9.17) is 16.3 Å². The Morgan fingerprint density at radius 2 is 1.97 bits per heavy atom. The van der Waals surface area contributed by atoms with Crippen molar-refractivity contribution in [2.24, 2.45) is 0 Å². The standard InChI is InChI=1S/C22H15ClFN3O4S/c1-2-31-22(30)18-16-11-32-20(25-19(28)12-4-3-5-13(23)10-12)17(16)21(29)27(26-18)15-8-6-14(24)7-9-15/h3-11H,2H2,1H3,(H,25,28). The van der Waals surface area contributed by atoms with Gasteiger partial charge in [0.15, 0.2) is 5.69 Å². The first kappa shape index (κ1) is 21.7. The van der Waals surface area contributed by atoms with Gasteiger partial charge in [-0.3, -0.25) is 9.59 Å². The molecule has 32 heavy (non-hydrogen) atoms. The Bertz CT molecular complexity index is 1400. The summed E-state index contributed by atoms with van der Waals surface area (Å²) in [7, 11) is 0. The number of amides is 1. The lowest BCUT2D eigenvalue weighted by molar-refractivity contribution is 0.0520. The number of hydrogen-bond donors (Lipinski definition) is 1. The number of esters is 1. The van der Waals surface area contributed by atoms with Crippen LogP contribution in [0, 0.1) is 5.82 Å². The summed E-state index contributed by atoms with van der Waals surface area (Å²) in [6, 6.07) is 11.4. The van der Waals surface area contributed by atoms with Crippen molar-refractivity contribution in [2.45, 2.75) is 6.92 Å². The third-order valence-electron chi connectivity index (χ3n) is 4.51. The van der Waals surface area contributed by atoms with E-state index in [1.165, 1.54) is 30.3 Å². The summed E-state index contributed by atoms with van der Waals surface area (Å²) < 4.78 is 19.4. The van der Waals surface area contributed by atoms with Gasteiger partial charge in [-0.15, -0.1) is 11.3 Å². The van der Waals surface area contributed by atoms with Crippen molar-refractivity contribution in [2.75, 3.05) is 11.9 Å². The number of fused-ring (bicyclic) bond motifs is 1. The van der Waals surface area contributed by atoms with E-state index in [2.05, 4.69) is 10.4 Å². The number of carbonyl (C=O) groups excluding carboxylic acids is 2. The largest absolute Gasteiger partial charge is 0.461 e. The molecule has 0 atom stereocenters. The molecule has 162 valence electrons. The Labute approximate surface area is 190 Å².